The summed E-state index contributed by atoms with van der Waals surface area (Å²) in [6, 6.07) is 10.3. The van der Waals surface area contributed by atoms with Crippen LogP contribution < -0.4 is 4.74 Å². The molecule has 2 aromatic heterocycles. The van der Waals surface area contributed by atoms with E-state index in [1.165, 1.54) is 28.0 Å². The number of rotatable bonds is 4. The van der Waals surface area contributed by atoms with Crippen LogP contribution in [0, 0.1) is 12.7 Å². The minimum atomic E-state index is -0.582. The Balaban J connectivity index is 1.63. The highest BCUT2D eigenvalue weighted by atomic mass is 35.5. The number of hydrogen-bond acceptors (Lipinski definition) is 5. The Morgan fingerprint density at radius 2 is 1.88 bits per heavy atom. The highest BCUT2D eigenvalue weighted by Gasteiger charge is 2.18. The molecule has 0 aliphatic rings. The topological polar surface area (TPSA) is 52.3 Å². The summed E-state index contributed by atoms with van der Waals surface area (Å²) in [4.78, 5) is 0.564. The predicted octanol–water partition coefficient (Wildman–Crippen LogP) is 5.19. The van der Waals surface area contributed by atoms with Crippen LogP contribution in [-0.4, -0.2) is 19.8 Å². The zero-order valence-corrected chi connectivity index (χ0v) is 15.7. The van der Waals surface area contributed by atoms with E-state index in [9.17, 15) is 4.39 Å². The lowest BCUT2D eigenvalue weighted by Crippen LogP contribution is -1.98. The van der Waals surface area contributed by atoms with E-state index in [0.29, 0.717) is 28.0 Å². The third-order valence-corrected chi connectivity index (χ3v) is 5.14. The maximum atomic E-state index is 13.8. The molecule has 0 bridgehead atoms. The Morgan fingerprint density at radius 3 is 2.65 bits per heavy atom. The van der Waals surface area contributed by atoms with Crippen LogP contribution in [0.5, 0.6) is 5.75 Å². The van der Waals surface area contributed by atoms with Crippen LogP contribution in [0.2, 0.25) is 10.0 Å². The number of aromatic nitrogens is 4. The van der Waals surface area contributed by atoms with Crippen molar-refractivity contribution in [2.45, 2.75) is 13.5 Å². The SMILES string of the molecule is Cc1ccc(OCc2nn3c(-c4cc(F)c(Cl)cc4Cl)nnc3s2)cc1. The van der Waals surface area contributed by atoms with Crippen molar-refractivity contribution in [2.75, 3.05) is 0 Å². The second-order valence-corrected chi connectivity index (χ2v) is 7.42. The first-order valence-corrected chi connectivity index (χ1v) is 9.14. The Labute approximate surface area is 162 Å². The molecule has 0 aliphatic heterocycles. The maximum Gasteiger partial charge on any atom is 0.235 e. The molecular weight excluding hydrogens is 398 g/mol. The molecule has 0 aliphatic carbocycles. The summed E-state index contributed by atoms with van der Waals surface area (Å²) < 4.78 is 21.1. The molecule has 9 heteroatoms. The molecule has 0 saturated carbocycles. The average Bonchev–Trinajstić information content (AvgIpc) is 3.18. The van der Waals surface area contributed by atoms with Crippen LogP contribution in [0.4, 0.5) is 4.39 Å². The lowest BCUT2D eigenvalue weighted by atomic mass is 10.2. The molecule has 0 N–H and O–H groups in total. The van der Waals surface area contributed by atoms with Crippen LogP contribution in [0.15, 0.2) is 36.4 Å². The minimum Gasteiger partial charge on any atom is -0.486 e. The first-order valence-electron chi connectivity index (χ1n) is 7.57. The van der Waals surface area contributed by atoms with E-state index in [4.69, 9.17) is 27.9 Å². The number of hydrogen-bond donors (Lipinski definition) is 0. The molecule has 4 rings (SSSR count). The van der Waals surface area contributed by atoms with Gasteiger partial charge in [0.15, 0.2) is 10.8 Å². The van der Waals surface area contributed by atoms with Gasteiger partial charge in [-0.1, -0.05) is 52.2 Å². The highest BCUT2D eigenvalue weighted by molar-refractivity contribution is 7.16. The number of aryl methyl sites for hydroxylation is 1. The molecule has 5 nitrogen and oxygen atoms in total. The summed E-state index contributed by atoms with van der Waals surface area (Å²) in [5.74, 6) is 0.518. The van der Waals surface area contributed by atoms with Gasteiger partial charge in [0, 0.05) is 5.56 Å². The van der Waals surface area contributed by atoms with E-state index in [-0.39, 0.29) is 10.0 Å². The van der Waals surface area contributed by atoms with Crippen LogP contribution >= 0.6 is 34.5 Å². The minimum absolute atomic E-state index is 0.0510. The van der Waals surface area contributed by atoms with Crippen LogP contribution in [0.25, 0.3) is 16.3 Å². The zero-order chi connectivity index (χ0) is 18.3. The van der Waals surface area contributed by atoms with Crippen molar-refractivity contribution in [3.63, 3.8) is 0 Å². The Bertz CT molecular complexity index is 1090. The third-order valence-electron chi connectivity index (χ3n) is 3.67. The van der Waals surface area contributed by atoms with Gasteiger partial charge in [-0.05, 0) is 31.2 Å². The van der Waals surface area contributed by atoms with Crippen molar-refractivity contribution >= 4 is 39.5 Å². The van der Waals surface area contributed by atoms with Crippen molar-refractivity contribution in [3.05, 3.63) is 62.8 Å². The van der Waals surface area contributed by atoms with Gasteiger partial charge in [-0.15, -0.1) is 10.2 Å². The second-order valence-electron chi connectivity index (χ2n) is 5.56. The largest absolute Gasteiger partial charge is 0.486 e. The average molecular weight is 409 g/mol. The molecule has 0 fully saturated rings. The van der Waals surface area contributed by atoms with Gasteiger partial charge in [-0.2, -0.15) is 9.61 Å². The third kappa shape index (κ3) is 3.25. The molecule has 0 radical (unpaired) electrons. The standard InChI is InChI=1S/C17H11Cl2FN4OS/c1-9-2-4-10(5-3-9)25-8-15-23-24-16(21-22-17(24)26-15)11-6-14(20)13(19)7-12(11)18/h2-7H,8H2,1H3. The summed E-state index contributed by atoms with van der Waals surface area (Å²) in [7, 11) is 0. The monoisotopic (exact) mass is 408 g/mol. The summed E-state index contributed by atoms with van der Waals surface area (Å²) in [6.07, 6.45) is 0. The molecular formula is C17H11Cl2FN4OS. The van der Waals surface area contributed by atoms with E-state index in [2.05, 4.69) is 15.3 Å². The number of fused-ring (bicyclic) bond motifs is 1. The van der Waals surface area contributed by atoms with E-state index in [1.807, 2.05) is 31.2 Å². The van der Waals surface area contributed by atoms with E-state index in [1.54, 1.807) is 0 Å². The van der Waals surface area contributed by atoms with Crippen LogP contribution in [0.1, 0.15) is 10.6 Å². The number of benzene rings is 2. The van der Waals surface area contributed by atoms with Crippen LogP contribution in [-0.2, 0) is 6.61 Å². The van der Waals surface area contributed by atoms with Gasteiger partial charge in [-0.3, -0.25) is 0 Å². The van der Waals surface area contributed by atoms with Gasteiger partial charge < -0.3 is 4.74 Å². The van der Waals surface area contributed by atoms with E-state index >= 15 is 0 Å². The van der Waals surface area contributed by atoms with Gasteiger partial charge in [0.05, 0.1) is 10.0 Å². The molecule has 132 valence electrons. The van der Waals surface area contributed by atoms with Crippen LogP contribution in [0.3, 0.4) is 0 Å². The van der Waals surface area contributed by atoms with Crippen molar-refractivity contribution in [1.29, 1.82) is 0 Å². The second kappa shape index (κ2) is 6.83. The van der Waals surface area contributed by atoms with Crippen molar-refractivity contribution in [2.24, 2.45) is 0 Å². The van der Waals surface area contributed by atoms with Crippen molar-refractivity contribution in [3.8, 4) is 17.1 Å². The lowest BCUT2D eigenvalue weighted by molar-refractivity contribution is 0.304. The molecule has 4 aromatic rings. The van der Waals surface area contributed by atoms with E-state index in [0.717, 1.165) is 11.3 Å². The molecule has 0 atom stereocenters. The first kappa shape index (κ1) is 17.2. The summed E-state index contributed by atoms with van der Waals surface area (Å²) in [5, 5.41) is 13.5. The highest BCUT2D eigenvalue weighted by Crippen LogP contribution is 2.32. The Morgan fingerprint density at radius 1 is 1.12 bits per heavy atom. The molecule has 0 unspecified atom stereocenters. The smallest absolute Gasteiger partial charge is 0.235 e. The summed E-state index contributed by atoms with van der Waals surface area (Å²) in [6.45, 7) is 2.30. The molecule has 26 heavy (non-hydrogen) atoms. The number of halogens is 3. The fourth-order valence-corrected chi connectivity index (χ4v) is 3.57. The Kier molecular flexibility index (Phi) is 4.52. The first-order chi connectivity index (χ1) is 12.5. The summed E-state index contributed by atoms with van der Waals surface area (Å²) >= 11 is 13.3. The normalized spacial score (nSPS) is 11.2. The molecule has 0 amide bonds. The molecule has 0 saturated heterocycles. The van der Waals surface area contributed by atoms with Gasteiger partial charge in [0.1, 0.15) is 18.2 Å². The fraction of sp³-hybridized carbons (Fsp3) is 0.118. The van der Waals surface area contributed by atoms with E-state index < -0.39 is 5.82 Å². The van der Waals surface area contributed by atoms with Crippen molar-refractivity contribution in [1.82, 2.24) is 19.8 Å². The van der Waals surface area contributed by atoms with Gasteiger partial charge in [0.25, 0.3) is 0 Å². The molecule has 0 spiro atoms. The fourth-order valence-electron chi connectivity index (χ4n) is 2.36. The molecule has 2 heterocycles. The molecule has 2 aromatic carbocycles. The van der Waals surface area contributed by atoms with Gasteiger partial charge >= 0.3 is 0 Å². The van der Waals surface area contributed by atoms with Crippen molar-refractivity contribution < 1.29 is 9.13 Å². The number of nitrogens with zero attached hydrogens (tertiary/aromatic N) is 4. The lowest BCUT2D eigenvalue weighted by Gasteiger charge is -2.04. The van der Waals surface area contributed by atoms with Gasteiger partial charge in [0.2, 0.25) is 4.96 Å². The number of ether oxygens (including phenoxy) is 1. The zero-order valence-electron chi connectivity index (χ0n) is 13.4. The predicted molar refractivity (Wildman–Crippen MR) is 99.6 cm³/mol. The van der Waals surface area contributed by atoms with Gasteiger partial charge in [-0.25, -0.2) is 4.39 Å². The maximum absolute atomic E-state index is 13.8. The quantitative estimate of drug-likeness (QED) is 0.436. The summed E-state index contributed by atoms with van der Waals surface area (Å²) in [5.41, 5.74) is 1.53. The Hall–Kier alpha value is -2.22.